The van der Waals surface area contributed by atoms with Crippen LogP contribution in [0.15, 0.2) is 78.9 Å². The van der Waals surface area contributed by atoms with Crippen LogP contribution >= 0.6 is 11.8 Å². The lowest BCUT2D eigenvalue weighted by molar-refractivity contribution is -0.123. The molecule has 0 saturated carbocycles. The van der Waals surface area contributed by atoms with Crippen molar-refractivity contribution in [3.63, 3.8) is 0 Å². The third-order valence-corrected chi connectivity index (χ3v) is 7.81. The van der Waals surface area contributed by atoms with E-state index in [1.54, 1.807) is 31.0 Å². The molecule has 1 unspecified atom stereocenters. The Kier molecular flexibility index (Phi) is 8.47. The molecule has 5 rings (SSSR count). The van der Waals surface area contributed by atoms with Gasteiger partial charge in [0, 0.05) is 24.8 Å². The Bertz CT molecular complexity index is 1480. The van der Waals surface area contributed by atoms with Crippen LogP contribution in [0.5, 0.6) is 5.75 Å². The number of benzene rings is 3. The van der Waals surface area contributed by atoms with Crippen molar-refractivity contribution >= 4 is 29.4 Å². The molecule has 10 heteroatoms. The number of nitrogens with zero attached hydrogens (tertiary/aromatic N) is 3. The molecule has 0 radical (unpaired) electrons. The van der Waals surface area contributed by atoms with Crippen molar-refractivity contribution in [1.82, 2.24) is 15.1 Å². The van der Waals surface area contributed by atoms with E-state index in [0.717, 1.165) is 16.7 Å². The summed E-state index contributed by atoms with van der Waals surface area (Å²) in [5, 5.41) is 7.50. The molecule has 3 aromatic carbocycles. The molecule has 1 aliphatic rings. The number of anilines is 1. The van der Waals surface area contributed by atoms with Gasteiger partial charge in [-0.3, -0.25) is 14.5 Å². The first kappa shape index (κ1) is 27.4. The maximum atomic E-state index is 13.9. The second-order valence-corrected chi connectivity index (χ2v) is 10.2. The second-order valence-electron chi connectivity index (χ2n) is 9.13. The second kappa shape index (κ2) is 12.4. The first-order valence-corrected chi connectivity index (χ1v) is 13.8. The molecule has 2 heterocycles. The zero-order valence-electron chi connectivity index (χ0n) is 22.2. The summed E-state index contributed by atoms with van der Waals surface area (Å²) in [5.41, 5.74) is 3.83. The van der Waals surface area contributed by atoms with E-state index in [1.165, 1.54) is 28.8 Å². The molecule has 0 aliphatic carbocycles. The number of carbonyl (C=O) groups is 2. The van der Waals surface area contributed by atoms with Crippen molar-refractivity contribution in [3.8, 4) is 22.7 Å². The van der Waals surface area contributed by atoms with Gasteiger partial charge in [0.05, 0.1) is 36.1 Å². The fourth-order valence-electron chi connectivity index (χ4n) is 4.62. The Morgan fingerprint density at radius 2 is 1.77 bits per heavy atom. The van der Waals surface area contributed by atoms with Crippen LogP contribution in [0.2, 0.25) is 0 Å². The van der Waals surface area contributed by atoms with Crippen molar-refractivity contribution in [2.24, 2.45) is 0 Å². The first-order valence-electron chi connectivity index (χ1n) is 12.8. The molecule has 0 spiro atoms. The van der Waals surface area contributed by atoms with E-state index < -0.39 is 0 Å². The van der Waals surface area contributed by atoms with Gasteiger partial charge in [-0.2, -0.15) is 5.10 Å². The predicted molar refractivity (Wildman–Crippen MR) is 153 cm³/mol. The largest absolute Gasteiger partial charge is 0.497 e. The number of carbonyl (C=O) groups excluding carboxylic acids is 2. The Morgan fingerprint density at radius 1 is 1.05 bits per heavy atom. The van der Waals surface area contributed by atoms with Gasteiger partial charge in [-0.15, -0.1) is 11.8 Å². The van der Waals surface area contributed by atoms with Crippen LogP contribution in [-0.2, 0) is 14.3 Å². The first-order chi connectivity index (χ1) is 19.5. The molecule has 1 atom stereocenters. The Morgan fingerprint density at radius 3 is 2.45 bits per heavy atom. The Labute approximate surface area is 236 Å². The summed E-state index contributed by atoms with van der Waals surface area (Å²) < 4.78 is 26.0. The Hall–Kier alpha value is -4.15. The van der Waals surface area contributed by atoms with Crippen LogP contribution in [0.25, 0.3) is 16.9 Å². The lowest BCUT2D eigenvalue weighted by Crippen LogP contribution is -2.43. The highest BCUT2D eigenvalue weighted by Crippen LogP contribution is 2.48. The SMILES string of the molecule is COCCNC(=O)CN1C(=O)CSC(c2ccc(F)cc2)c2c(-c3ccccc3)nn(-c3ccc(OC)cc3)c21. The van der Waals surface area contributed by atoms with E-state index in [-0.39, 0.29) is 35.2 Å². The number of nitrogens with one attached hydrogen (secondary N) is 1. The minimum Gasteiger partial charge on any atom is -0.497 e. The molecule has 1 aromatic heterocycles. The molecule has 8 nitrogen and oxygen atoms in total. The maximum absolute atomic E-state index is 13.9. The van der Waals surface area contributed by atoms with Crippen LogP contribution in [0, 0.1) is 5.82 Å². The number of methoxy groups -OCH3 is 2. The lowest BCUT2D eigenvalue weighted by atomic mass is 9.99. The summed E-state index contributed by atoms with van der Waals surface area (Å²) >= 11 is 1.43. The van der Waals surface area contributed by atoms with E-state index in [4.69, 9.17) is 14.6 Å². The van der Waals surface area contributed by atoms with Crippen molar-refractivity contribution in [2.75, 3.05) is 44.6 Å². The van der Waals surface area contributed by atoms with E-state index in [9.17, 15) is 14.0 Å². The quantitative estimate of drug-likeness (QED) is 0.301. The van der Waals surface area contributed by atoms with Gasteiger partial charge >= 0.3 is 0 Å². The number of halogens is 1. The summed E-state index contributed by atoms with van der Waals surface area (Å²) in [4.78, 5) is 28.2. The van der Waals surface area contributed by atoms with Crippen LogP contribution < -0.4 is 15.0 Å². The fourth-order valence-corrected chi connectivity index (χ4v) is 5.82. The van der Waals surface area contributed by atoms with Crippen LogP contribution in [0.1, 0.15) is 16.4 Å². The minimum atomic E-state index is -0.344. The standard InChI is InChI=1S/C30H29FN4O4S/c1-38-17-16-32-25(36)18-34-26(37)19-40-29(21-8-10-22(31)11-9-21)27-28(20-6-4-3-5-7-20)33-35(30(27)34)23-12-14-24(39-2)15-13-23/h3-15,29H,16-19H2,1-2H3,(H,32,36). The number of ether oxygens (including phenoxy) is 2. The molecule has 4 aromatic rings. The van der Waals surface area contributed by atoms with Crippen molar-refractivity contribution in [3.05, 3.63) is 95.8 Å². The van der Waals surface area contributed by atoms with Crippen LogP contribution in [0.4, 0.5) is 10.2 Å². The fraction of sp³-hybridized carbons (Fsp3) is 0.233. The van der Waals surface area contributed by atoms with E-state index >= 15 is 0 Å². The van der Waals surface area contributed by atoms with Gasteiger partial charge in [0.25, 0.3) is 0 Å². The minimum absolute atomic E-state index is 0.124. The highest BCUT2D eigenvalue weighted by Gasteiger charge is 2.37. The number of hydrogen-bond donors (Lipinski definition) is 1. The highest BCUT2D eigenvalue weighted by molar-refractivity contribution is 8.00. The molecule has 0 fully saturated rings. The highest BCUT2D eigenvalue weighted by atomic mass is 32.2. The van der Waals surface area contributed by atoms with Crippen molar-refractivity contribution in [2.45, 2.75) is 5.25 Å². The molecule has 0 bridgehead atoms. The number of fused-ring (bicyclic) bond motifs is 1. The van der Waals surface area contributed by atoms with Gasteiger partial charge in [-0.25, -0.2) is 9.07 Å². The molecule has 40 heavy (non-hydrogen) atoms. The number of rotatable bonds is 9. The number of amides is 2. The van der Waals surface area contributed by atoms with Crippen molar-refractivity contribution < 1.29 is 23.5 Å². The summed E-state index contributed by atoms with van der Waals surface area (Å²) in [5.74, 6) is 0.409. The summed E-state index contributed by atoms with van der Waals surface area (Å²) in [6, 6.07) is 23.3. The topological polar surface area (TPSA) is 85.7 Å². The summed E-state index contributed by atoms with van der Waals surface area (Å²) in [6.45, 7) is 0.488. The molecule has 2 amide bonds. The molecular weight excluding hydrogens is 531 g/mol. The average molecular weight is 561 g/mol. The van der Waals surface area contributed by atoms with Gasteiger partial charge < -0.3 is 14.8 Å². The zero-order chi connectivity index (χ0) is 28.1. The third-order valence-electron chi connectivity index (χ3n) is 6.56. The number of hydrogen-bond acceptors (Lipinski definition) is 6. The van der Waals surface area contributed by atoms with Crippen LogP contribution in [0.3, 0.4) is 0 Å². The molecule has 206 valence electrons. The smallest absolute Gasteiger partial charge is 0.240 e. The van der Waals surface area contributed by atoms with Gasteiger partial charge in [-0.05, 0) is 42.0 Å². The molecule has 1 N–H and O–H groups in total. The number of thioether (sulfide) groups is 1. The number of aromatic nitrogens is 2. The lowest BCUT2D eigenvalue weighted by Gasteiger charge is -2.23. The molecule has 0 saturated heterocycles. The summed E-state index contributed by atoms with van der Waals surface area (Å²) in [6.07, 6.45) is 0. The van der Waals surface area contributed by atoms with Crippen LogP contribution in [-0.4, -0.2) is 61.3 Å². The predicted octanol–water partition coefficient (Wildman–Crippen LogP) is 4.62. The Balaban J connectivity index is 1.74. The van der Waals surface area contributed by atoms with E-state index in [1.807, 2.05) is 54.6 Å². The maximum Gasteiger partial charge on any atom is 0.240 e. The normalized spacial score (nSPS) is 14.9. The van der Waals surface area contributed by atoms with Crippen molar-refractivity contribution in [1.29, 1.82) is 0 Å². The molecule has 1 aliphatic heterocycles. The van der Waals surface area contributed by atoms with Gasteiger partial charge in [0.15, 0.2) is 0 Å². The van der Waals surface area contributed by atoms with Gasteiger partial charge in [0.1, 0.15) is 23.9 Å². The zero-order valence-corrected chi connectivity index (χ0v) is 23.0. The van der Waals surface area contributed by atoms with Gasteiger partial charge in [0.2, 0.25) is 11.8 Å². The molecular formula is C30H29FN4O4S. The van der Waals surface area contributed by atoms with E-state index in [2.05, 4.69) is 5.32 Å². The van der Waals surface area contributed by atoms with Gasteiger partial charge in [-0.1, -0.05) is 42.5 Å². The summed E-state index contributed by atoms with van der Waals surface area (Å²) in [7, 11) is 3.15. The average Bonchev–Trinajstić information content (AvgIpc) is 3.31. The monoisotopic (exact) mass is 560 g/mol. The third kappa shape index (κ3) is 5.73. The van der Waals surface area contributed by atoms with E-state index in [0.29, 0.717) is 36.1 Å².